The number of hydrogen-bond donors (Lipinski definition) is 1. The van der Waals surface area contributed by atoms with Gasteiger partial charge >= 0.3 is 0 Å². The van der Waals surface area contributed by atoms with Crippen molar-refractivity contribution in [2.24, 2.45) is 0 Å². The quantitative estimate of drug-likeness (QED) is 0.780. The zero-order chi connectivity index (χ0) is 21.0. The van der Waals surface area contributed by atoms with Gasteiger partial charge in [0.15, 0.2) is 6.61 Å². The van der Waals surface area contributed by atoms with Gasteiger partial charge in [0.25, 0.3) is 5.91 Å². The predicted molar refractivity (Wildman–Crippen MR) is 111 cm³/mol. The van der Waals surface area contributed by atoms with Crippen molar-refractivity contribution < 1.29 is 22.7 Å². The zero-order valence-electron chi connectivity index (χ0n) is 16.9. The van der Waals surface area contributed by atoms with E-state index in [1.165, 1.54) is 10.4 Å². The molecule has 0 aromatic heterocycles. The number of sulfonamides is 1. The van der Waals surface area contributed by atoms with Gasteiger partial charge in [0.2, 0.25) is 10.0 Å². The molecular formula is C21H26N2O5S. The van der Waals surface area contributed by atoms with E-state index >= 15 is 0 Å². The van der Waals surface area contributed by atoms with Crippen LogP contribution in [-0.2, 0) is 19.6 Å². The molecule has 1 aliphatic rings. The van der Waals surface area contributed by atoms with Crippen molar-refractivity contribution in [3.8, 4) is 5.75 Å². The number of carbonyl (C=O) groups excluding carboxylic acids is 1. The Kier molecular flexibility index (Phi) is 6.56. The summed E-state index contributed by atoms with van der Waals surface area (Å²) >= 11 is 0. The van der Waals surface area contributed by atoms with Crippen LogP contribution < -0.4 is 10.1 Å². The van der Waals surface area contributed by atoms with Crippen molar-refractivity contribution in [2.45, 2.75) is 25.7 Å². The molecule has 8 heteroatoms. The Morgan fingerprint density at radius 1 is 1.10 bits per heavy atom. The van der Waals surface area contributed by atoms with E-state index in [1.54, 1.807) is 19.1 Å². The predicted octanol–water partition coefficient (Wildman–Crippen LogP) is 2.65. The van der Waals surface area contributed by atoms with Crippen LogP contribution >= 0.6 is 0 Å². The van der Waals surface area contributed by atoms with Crippen LogP contribution in [0.5, 0.6) is 5.75 Å². The molecule has 0 radical (unpaired) electrons. The lowest BCUT2D eigenvalue weighted by atomic mass is 10.1. The fourth-order valence-electron chi connectivity index (χ4n) is 3.10. The molecule has 0 unspecified atom stereocenters. The first-order valence-electron chi connectivity index (χ1n) is 9.46. The maximum absolute atomic E-state index is 12.7. The third-order valence-corrected chi connectivity index (χ3v) is 6.89. The van der Waals surface area contributed by atoms with Crippen LogP contribution in [-0.4, -0.2) is 51.5 Å². The summed E-state index contributed by atoms with van der Waals surface area (Å²) in [6, 6.07) is 10.4. The number of ether oxygens (including phenoxy) is 2. The minimum atomic E-state index is -3.56. The second-order valence-electron chi connectivity index (χ2n) is 7.03. The van der Waals surface area contributed by atoms with Crippen LogP contribution in [0.15, 0.2) is 41.3 Å². The van der Waals surface area contributed by atoms with Gasteiger partial charge in [-0.15, -0.1) is 0 Å². The summed E-state index contributed by atoms with van der Waals surface area (Å²) in [5.74, 6) is 0.199. The van der Waals surface area contributed by atoms with E-state index in [0.717, 1.165) is 16.8 Å². The minimum Gasteiger partial charge on any atom is -0.483 e. The van der Waals surface area contributed by atoms with Crippen LogP contribution in [0.1, 0.15) is 16.7 Å². The average molecular weight is 419 g/mol. The number of hydrogen-bond acceptors (Lipinski definition) is 5. The van der Waals surface area contributed by atoms with Crippen LogP contribution in [0.3, 0.4) is 0 Å². The summed E-state index contributed by atoms with van der Waals surface area (Å²) in [5.41, 5.74) is 3.51. The summed E-state index contributed by atoms with van der Waals surface area (Å²) < 4.78 is 37.7. The normalized spacial score (nSPS) is 15.1. The van der Waals surface area contributed by atoms with E-state index < -0.39 is 10.0 Å². The first-order valence-corrected chi connectivity index (χ1v) is 10.9. The fourth-order valence-corrected chi connectivity index (χ4v) is 4.59. The van der Waals surface area contributed by atoms with Crippen molar-refractivity contribution in [1.29, 1.82) is 0 Å². The van der Waals surface area contributed by atoms with E-state index in [-0.39, 0.29) is 17.4 Å². The lowest BCUT2D eigenvalue weighted by Crippen LogP contribution is -2.40. The van der Waals surface area contributed by atoms with Gasteiger partial charge in [-0.3, -0.25) is 4.79 Å². The van der Waals surface area contributed by atoms with Crippen LogP contribution in [0.2, 0.25) is 0 Å². The Bertz CT molecular complexity index is 998. The first-order chi connectivity index (χ1) is 13.8. The number of amides is 1. The summed E-state index contributed by atoms with van der Waals surface area (Å²) in [4.78, 5) is 12.5. The molecule has 1 N–H and O–H groups in total. The van der Waals surface area contributed by atoms with Gasteiger partial charge in [-0.2, -0.15) is 4.31 Å². The Hall–Kier alpha value is -2.42. The number of carbonyl (C=O) groups is 1. The standard InChI is InChI=1S/C21H26N2O5S/c1-15-5-4-6-19(17(15)3)22-21(24)14-28-20-8-7-18(13-16(20)2)29(25,26)23-9-11-27-12-10-23/h4-8,13H,9-12,14H2,1-3H3,(H,22,24). The highest BCUT2D eigenvalue weighted by Crippen LogP contribution is 2.25. The van der Waals surface area contributed by atoms with Gasteiger partial charge in [0, 0.05) is 18.8 Å². The second kappa shape index (κ2) is 8.94. The SMILES string of the molecule is Cc1cc(S(=O)(=O)N2CCOCC2)ccc1OCC(=O)Nc1cccc(C)c1C. The first kappa shape index (κ1) is 21.3. The molecular weight excluding hydrogens is 392 g/mol. The molecule has 7 nitrogen and oxygen atoms in total. The van der Waals surface area contributed by atoms with Crippen molar-refractivity contribution in [1.82, 2.24) is 4.31 Å². The van der Waals surface area contributed by atoms with E-state index in [1.807, 2.05) is 32.0 Å². The minimum absolute atomic E-state index is 0.163. The maximum Gasteiger partial charge on any atom is 0.262 e. The molecule has 1 aliphatic heterocycles. The fraction of sp³-hybridized carbons (Fsp3) is 0.381. The van der Waals surface area contributed by atoms with Crippen LogP contribution in [0, 0.1) is 20.8 Å². The summed E-state index contributed by atoms with van der Waals surface area (Å²) in [6.45, 7) is 7.02. The Labute approximate surface area is 171 Å². The molecule has 29 heavy (non-hydrogen) atoms. The lowest BCUT2D eigenvalue weighted by molar-refractivity contribution is -0.118. The maximum atomic E-state index is 12.7. The van der Waals surface area contributed by atoms with Crippen LogP contribution in [0.25, 0.3) is 0 Å². The van der Waals surface area contributed by atoms with Crippen molar-refractivity contribution >= 4 is 21.6 Å². The third kappa shape index (κ3) is 4.95. The molecule has 0 bridgehead atoms. The zero-order valence-corrected chi connectivity index (χ0v) is 17.7. The number of nitrogens with zero attached hydrogens (tertiary/aromatic N) is 1. The summed E-state index contributed by atoms with van der Waals surface area (Å²) in [5, 5.41) is 2.84. The number of benzene rings is 2. The number of rotatable bonds is 6. The highest BCUT2D eigenvalue weighted by molar-refractivity contribution is 7.89. The molecule has 0 aliphatic carbocycles. The molecule has 1 heterocycles. The van der Waals surface area contributed by atoms with Crippen molar-refractivity contribution in [2.75, 3.05) is 38.2 Å². The van der Waals surface area contributed by atoms with Gasteiger partial charge in [-0.1, -0.05) is 12.1 Å². The molecule has 156 valence electrons. The van der Waals surface area contributed by atoms with E-state index in [0.29, 0.717) is 37.6 Å². The third-order valence-electron chi connectivity index (χ3n) is 4.99. The molecule has 1 fully saturated rings. The molecule has 2 aromatic rings. The Balaban J connectivity index is 1.65. The summed E-state index contributed by atoms with van der Waals surface area (Å²) in [6.07, 6.45) is 0. The number of anilines is 1. The number of nitrogens with one attached hydrogen (secondary N) is 1. The molecule has 0 saturated carbocycles. The average Bonchev–Trinajstić information content (AvgIpc) is 2.71. The number of morpholine rings is 1. The topological polar surface area (TPSA) is 84.9 Å². The van der Waals surface area contributed by atoms with Crippen molar-refractivity contribution in [3.63, 3.8) is 0 Å². The molecule has 0 spiro atoms. The Morgan fingerprint density at radius 2 is 1.83 bits per heavy atom. The van der Waals surface area contributed by atoms with E-state index in [4.69, 9.17) is 9.47 Å². The van der Waals surface area contributed by atoms with E-state index in [2.05, 4.69) is 5.32 Å². The number of aryl methyl sites for hydroxylation is 2. The Morgan fingerprint density at radius 3 is 2.52 bits per heavy atom. The molecule has 2 aromatic carbocycles. The van der Waals surface area contributed by atoms with Crippen molar-refractivity contribution in [3.05, 3.63) is 53.1 Å². The monoisotopic (exact) mass is 418 g/mol. The molecule has 0 atom stereocenters. The summed E-state index contributed by atoms with van der Waals surface area (Å²) in [7, 11) is -3.56. The van der Waals surface area contributed by atoms with Gasteiger partial charge in [-0.05, 0) is 61.7 Å². The van der Waals surface area contributed by atoms with Gasteiger partial charge in [0.05, 0.1) is 18.1 Å². The lowest BCUT2D eigenvalue weighted by Gasteiger charge is -2.26. The largest absolute Gasteiger partial charge is 0.483 e. The van der Waals surface area contributed by atoms with Gasteiger partial charge in [-0.25, -0.2) is 8.42 Å². The highest BCUT2D eigenvalue weighted by Gasteiger charge is 2.26. The smallest absolute Gasteiger partial charge is 0.262 e. The second-order valence-corrected chi connectivity index (χ2v) is 8.97. The molecule has 1 saturated heterocycles. The highest BCUT2D eigenvalue weighted by atomic mass is 32.2. The molecule has 3 rings (SSSR count). The van der Waals surface area contributed by atoms with Crippen LogP contribution in [0.4, 0.5) is 5.69 Å². The van der Waals surface area contributed by atoms with E-state index in [9.17, 15) is 13.2 Å². The van der Waals surface area contributed by atoms with Gasteiger partial charge in [0.1, 0.15) is 5.75 Å². The van der Waals surface area contributed by atoms with Gasteiger partial charge < -0.3 is 14.8 Å². The molecule has 1 amide bonds.